The zero-order chi connectivity index (χ0) is 23.2. The van der Waals surface area contributed by atoms with Crippen molar-refractivity contribution in [1.82, 2.24) is 10.0 Å². The second kappa shape index (κ2) is 10.5. The largest absolute Gasteiger partial charge is 0.497 e. The van der Waals surface area contributed by atoms with Crippen molar-refractivity contribution in [3.05, 3.63) is 59.7 Å². The molecule has 3 rings (SSSR count). The number of nitrogens with one attached hydrogen (secondary N) is 3. The van der Waals surface area contributed by atoms with Gasteiger partial charge in [0.15, 0.2) is 0 Å². The Bertz CT molecular complexity index is 1010. The Kier molecular flexibility index (Phi) is 7.92. The van der Waals surface area contributed by atoms with Crippen LogP contribution in [-0.4, -0.2) is 40.3 Å². The van der Waals surface area contributed by atoms with E-state index in [9.17, 15) is 13.2 Å². The highest BCUT2D eigenvalue weighted by molar-refractivity contribution is 7.88. The second-order valence-electron chi connectivity index (χ2n) is 8.64. The van der Waals surface area contributed by atoms with Crippen LogP contribution in [0, 0.1) is 0 Å². The van der Waals surface area contributed by atoms with Crippen LogP contribution < -0.4 is 20.1 Å². The first-order chi connectivity index (χ1) is 15.2. The molecule has 7 nitrogen and oxygen atoms in total. The van der Waals surface area contributed by atoms with Gasteiger partial charge in [-0.1, -0.05) is 24.3 Å². The number of methoxy groups -OCH3 is 1. The van der Waals surface area contributed by atoms with Crippen LogP contribution in [0.1, 0.15) is 43.7 Å². The van der Waals surface area contributed by atoms with Crippen LogP contribution in [-0.2, 0) is 26.8 Å². The maximum atomic E-state index is 11.8. The van der Waals surface area contributed by atoms with Gasteiger partial charge in [0.1, 0.15) is 5.75 Å². The van der Waals surface area contributed by atoms with E-state index in [0.29, 0.717) is 12.6 Å². The average molecular weight is 460 g/mol. The molecule has 0 aliphatic heterocycles. The van der Waals surface area contributed by atoms with E-state index >= 15 is 0 Å². The summed E-state index contributed by atoms with van der Waals surface area (Å²) in [4.78, 5) is 11.2. The van der Waals surface area contributed by atoms with E-state index in [0.717, 1.165) is 54.8 Å². The lowest BCUT2D eigenvalue weighted by Crippen LogP contribution is -2.46. The predicted octanol–water partition coefficient (Wildman–Crippen LogP) is 3.17. The first-order valence-electron chi connectivity index (χ1n) is 10.9. The van der Waals surface area contributed by atoms with Gasteiger partial charge in [0.2, 0.25) is 15.9 Å². The molecule has 0 spiro atoms. The number of sulfonamides is 1. The Hall–Kier alpha value is -2.42. The minimum atomic E-state index is -3.28. The molecule has 1 amide bonds. The normalized spacial score (nSPS) is 21.2. The summed E-state index contributed by atoms with van der Waals surface area (Å²) in [5.74, 6) is 0.701. The molecular formula is C24H33N3O4S. The number of anilines is 1. The van der Waals surface area contributed by atoms with E-state index in [1.54, 1.807) is 7.11 Å². The minimum absolute atomic E-state index is 0.0806. The molecule has 32 heavy (non-hydrogen) atoms. The third kappa shape index (κ3) is 6.79. The zero-order valence-electron chi connectivity index (χ0n) is 19.0. The van der Waals surface area contributed by atoms with Gasteiger partial charge in [-0.2, -0.15) is 0 Å². The van der Waals surface area contributed by atoms with Gasteiger partial charge in [0, 0.05) is 37.2 Å². The molecule has 0 unspecified atom stereocenters. The number of amides is 1. The lowest BCUT2D eigenvalue weighted by atomic mass is 9.68. The Labute approximate surface area is 191 Å². The van der Waals surface area contributed by atoms with Gasteiger partial charge >= 0.3 is 0 Å². The molecule has 0 heterocycles. The molecule has 2 aromatic rings. The first kappa shape index (κ1) is 24.2. The summed E-state index contributed by atoms with van der Waals surface area (Å²) in [5.41, 5.74) is 2.80. The molecule has 0 saturated heterocycles. The van der Waals surface area contributed by atoms with Crippen molar-refractivity contribution < 1.29 is 17.9 Å². The number of hydrogen-bond donors (Lipinski definition) is 3. The molecular weight excluding hydrogens is 426 g/mol. The smallest absolute Gasteiger partial charge is 0.221 e. The molecule has 0 bridgehead atoms. The molecule has 1 fully saturated rings. The molecule has 1 aliphatic carbocycles. The van der Waals surface area contributed by atoms with E-state index in [1.807, 2.05) is 42.5 Å². The quantitative estimate of drug-likeness (QED) is 0.535. The summed E-state index contributed by atoms with van der Waals surface area (Å²) < 4.78 is 31.8. The van der Waals surface area contributed by atoms with E-state index in [2.05, 4.69) is 21.4 Å². The summed E-state index contributed by atoms with van der Waals surface area (Å²) in [6, 6.07) is 16.2. The number of benzene rings is 2. The van der Waals surface area contributed by atoms with E-state index in [4.69, 9.17) is 4.74 Å². The highest BCUT2D eigenvalue weighted by Gasteiger charge is 2.37. The number of rotatable bonds is 9. The fourth-order valence-electron chi connectivity index (χ4n) is 4.34. The Morgan fingerprint density at radius 3 is 2.41 bits per heavy atom. The lowest BCUT2D eigenvalue weighted by molar-refractivity contribution is -0.114. The molecule has 0 radical (unpaired) electrons. The maximum absolute atomic E-state index is 11.8. The SMILES string of the molecule is COc1cccc([C@]2(CNS(C)(=O)=O)CC[C@@H](NCc3ccc(NC(C)=O)cc3)CC2)c1. The van der Waals surface area contributed by atoms with Crippen molar-refractivity contribution in [3.63, 3.8) is 0 Å². The van der Waals surface area contributed by atoms with Gasteiger partial charge < -0.3 is 15.4 Å². The standard InChI is InChI=1S/C24H33N3O4S/c1-18(28)27-22-9-7-19(8-10-22)16-25-21-11-13-24(14-12-21,17-26-32(3,29)30)20-5-4-6-23(15-20)31-2/h4-10,15,21,25-26H,11-14,16-17H2,1-3H3,(H,27,28)/t21-,24-. The van der Waals surface area contributed by atoms with Crippen molar-refractivity contribution in [1.29, 1.82) is 0 Å². The summed E-state index contributed by atoms with van der Waals surface area (Å²) in [6.07, 6.45) is 4.86. The lowest BCUT2D eigenvalue weighted by Gasteiger charge is -2.41. The first-order valence-corrected chi connectivity index (χ1v) is 12.8. The number of hydrogen-bond acceptors (Lipinski definition) is 5. The molecule has 0 atom stereocenters. The topological polar surface area (TPSA) is 96.5 Å². The van der Waals surface area contributed by atoms with Crippen LogP contribution in [0.15, 0.2) is 48.5 Å². The second-order valence-corrected chi connectivity index (χ2v) is 10.5. The van der Waals surface area contributed by atoms with Crippen molar-refractivity contribution >= 4 is 21.6 Å². The predicted molar refractivity (Wildman–Crippen MR) is 127 cm³/mol. The fraction of sp³-hybridized carbons (Fsp3) is 0.458. The van der Waals surface area contributed by atoms with Crippen LogP contribution in [0.4, 0.5) is 5.69 Å². The van der Waals surface area contributed by atoms with Crippen molar-refractivity contribution in [3.8, 4) is 5.75 Å². The highest BCUT2D eigenvalue weighted by Crippen LogP contribution is 2.40. The zero-order valence-corrected chi connectivity index (χ0v) is 19.8. The van der Waals surface area contributed by atoms with Crippen molar-refractivity contribution in [2.45, 2.75) is 50.6 Å². The van der Waals surface area contributed by atoms with Gasteiger partial charge in [0.05, 0.1) is 13.4 Å². The van der Waals surface area contributed by atoms with Crippen LogP contribution in [0.25, 0.3) is 0 Å². The molecule has 2 aromatic carbocycles. The molecule has 1 aliphatic rings. The Morgan fingerprint density at radius 1 is 1.12 bits per heavy atom. The molecule has 3 N–H and O–H groups in total. The van der Waals surface area contributed by atoms with Crippen LogP contribution in [0.5, 0.6) is 5.75 Å². The number of carbonyl (C=O) groups is 1. The number of carbonyl (C=O) groups excluding carboxylic acids is 1. The molecule has 0 aromatic heterocycles. The summed E-state index contributed by atoms with van der Waals surface area (Å²) in [5, 5.41) is 6.41. The fourth-order valence-corrected chi connectivity index (χ4v) is 4.87. The maximum Gasteiger partial charge on any atom is 0.221 e. The van der Waals surface area contributed by atoms with Gasteiger partial charge in [0.25, 0.3) is 0 Å². The number of ether oxygens (including phenoxy) is 1. The molecule has 8 heteroatoms. The van der Waals surface area contributed by atoms with Gasteiger partial charge in [-0.3, -0.25) is 4.79 Å². The molecule has 174 valence electrons. The third-order valence-electron chi connectivity index (χ3n) is 6.17. The third-order valence-corrected chi connectivity index (χ3v) is 6.84. The van der Waals surface area contributed by atoms with Crippen molar-refractivity contribution in [2.75, 3.05) is 25.2 Å². The highest BCUT2D eigenvalue weighted by atomic mass is 32.2. The van der Waals surface area contributed by atoms with E-state index < -0.39 is 10.0 Å². The van der Waals surface area contributed by atoms with Crippen LogP contribution >= 0.6 is 0 Å². The van der Waals surface area contributed by atoms with Crippen LogP contribution in [0.3, 0.4) is 0 Å². The van der Waals surface area contributed by atoms with Gasteiger partial charge in [-0.25, -0.2) is 13.1 Å². The van der Waals surface area contributed by atoms with Gasteiger partial charge in [-0.15, -0.1) is 0 Å². The Morgan fingerprint density at radius 2 is 1.81 bits per heavy atom. The van der Waals surface area contributed by atoms with Crippen LogP contribution in [0.2, 0.25) is 0 Å². The minimum Gasteiger partial charge on any atom is -0.497 e. The van der Waals surface area contributed by atoms with E-state index in [-0.39, 0.29) is 11.3 Å². The molecule has 1 saturated carbocycles. The summed E-state index contributed by atoms with van der Waals surface area (Å²) >= 11 is 0. The average Bonchev–Trinajstić information content (AvgIpc) is 2.77. The summed E-state index contributed by atoms with van der Waals surface area (Å²) in [7, 11) is -1.64. The summed E-state index contributed by atoms with van der Waals surface area (Å²) in [6.45, 7) is 2.63. The monoisotopic (exact) mass is 459 g/mol. The van der Waals surface area contributed by atoms with Gasteiger partial charge in [-0.05, 0) is 61.1 Å². The van der Waals surface area contributed by atoms with Crippen molar-refractivity contribution in [2.24, 2.45) is 0 Å². The Balaban J connectivity index is 1.63. The van der Waals surface area contributed by atoms with E-state index in [1.165, 1.54) is 13.2 Å².